The van der Waals surface area contributed by atoms with Gasteiger partial charge in [0.15, 0.2) is 0 Å². The summed E-state index contributed by atoms with van der Waals surface area (Å²) in [5, 5.41) is 9.27. The largest absolute Gasteiger partial charge is 0.309 e. The first kappa shape index (κ1) is 31.2. The molecule has 0 aliphatic carbocycles. The number of hydrogen-bond acceptors (Lipinski definition) is 3. The summed E-state index contributed by atoms with van der Waals surface area (Å²) in [7, 11) is 0. The van der Waals surface area contributed by atoms with E-state index < -0.39 is 0 Å². The van der Waals surface area contributed by atoms with Gasteiger partial charge in [0.1, 0.15) is 0 Å². The molecule has 7 nitrogen and oxygen atoms in total. The van der Waals surface area contributed by atoms with Crippen molar-refractivity contribution in [1.29, 1.82) is 0 Å². The molecular weight excluding hydrogens is 711 g/mol. The van der Waals surface area contributed by atoms with Gasteiger partial charge >= 0.3 is 0 Å². The number of fused-ring (bicyclic) bond motifs is 12. The van der Waals surface area contributed by atoms with E-state index in [2.05, 4.69) is 206 Å². The van der Waals surface area contributed by atoms with Gasteiger partial charge in [0.2, 0.25) is 17.8 Å². The minimum absolute atomic E-state index is 0.536. The fourth-order valence-electron chi connectivity index (χ4n) is 9.50. The van der Waals surface area contributed by atoms with Crippen LogP contribution in [0.5, 0.6) is 0 Å². The predicted molar refractivity (Wildman–Crippen MR) is 237 cm³/mol. The van der Waals surface area contributed by atoms with Crippen molar-refractivity contribution in [3.8, 4) is 23.5 Å². The van der Waals surface area contributed by atoms with E-state index in [1.165, 1.54) is 10.8 Å². The zero-order chi connectivity index (χ0) is 37.9. The molecule has 5 aromatic heterocycles. The molecule has 0 amide bonds. The molecular formula is C51H31N7. The van der Waals surface area contributed by atoms with Crippen LogP contribution in [0.2, 0.25) is 0 Å². The Balaban J connectivity index is 1.18. The zero-order valence-corrected chi connectivity index (χ0v) is 31.0. The van der Waals surface area contributed by atoms with Crippen LogP contribution >= 0.6 is 0 Å². The normalized spacial score (nSPS) is 12.1. The highest BCUT2D eigenvalue weighted by atomic mass is 15.3. The molecule has 0 N–H and O–H groups in total. The highest BCUT2D eigenvalue weighted by Gasteiger charge is 2.24. The first-order valence-electron chi connectivity index (χ1n) is 19.6. The van der Waals surface area contributed by atoms with Crippen molar-refractivity contribution in [2.75, 3.05) is 0 Å². The lowest BCUT2D eigenvalue weighted by molar-refractivity contribution is 0.848. The summed E-state index contributed by atoms with van der Waals surface area (Å²) < 4.78 is 9.00. The molecule has 5 heterocycles. The fourth-order valence-corrected chi connectivity index (χ4v) is 9.50. The summed E-state index contributed by atoms with van der Waals surface area (Å²) in [6.07, 6.45) is 0. The van der Waals surface area contributed by atoms with Crippen molar-refractivity contribution in [1.82, 2.24) is 33.2 Å². The highest BCUT2D eigenvalue weighted by molar-refractivity contribution is 6.16. The second-order valence-corrected chi connectivity index (χ2v) is 14.9. The van der Waals surface area contributed by atoms with Gasteiger partial charge < -0.3 is 4.57 Å². The summed E-state index contributed by atoms with van der Waals surface area (Å²) in [6.45, 7) is 0. The summed E-state index contributed by atoms with van der Waals surface area (Å²) in [6, 6.07) is 66.5. The van der Waals surface area contributed by atoms with Gasteiger partial charge in [-0.1, -0.05) is 133 Å². The van der Waals surface area contributed by atoms with Crippen LogP contribution in [0.3, 0.4) is 0 Å². The smallest absolute Gasteiger partial charge is 0.241 e. The van der Waals surface area contributed by atoms with E-state index in [0.717, 1.165) is 82.1 Å². The van der Waals surface area contributed by atoms with Gasteiger partial charge in [0.05, 0.1) is 49.8 Å². The Hall–Kier alpha value is -8.03. The second-order valence-electron chi connectivity index (χ2n) is 14.9. The lowest BCUT2D eigenvalue weighted by Crippen LogP contribution is -2.13. The second kappa shape index (κ2) is 11.7. The number of aromatic nitrogens is 7. The van der Waals surface area contributed by atoms with Crippen LogP contribution in [-0.4, -0.2) is 33.2 Å². The van der Waals surface area contributed by atoms with Gasteiger partial charge in [-0.2, -0.15) is 15.0 Å². The van der Waals surface area contributed by atoms with E-state index in [0.29, 0.717) is 17.8 Å². The number of benzene rings is 8. The summed E-state index contributed by atoms with van der Waals surface area (Å²) in [5.41, 5.74) is 9.58. The molecule has 13 aromatic rings. The first-order chi connectivity index (χ1) is 28.8. The molecule has 0 atom stereocenters. The average molecular weight is 742 g/mol. The molecule has 58 heavy (non-hydrogen) atoms. The van der Waals surface area contributed by atoms with Gasteiger partial charge in [0.25, 0.3) is 0 Å². The van der Waals surface area contributed by atoms with E-state index in [-0.39, 0.29) is 0 Å². The summed E-state index contributed by atoms with van der Waals surface area (Å²) in [4.78, 5) is 16.3. The van der Waals surface area contributed by atoms with E-state index >= 15 is 0 Å². The standard InChI is InChI=1S/C51H31N7/c1-8-23-39-32(16-1)33-17-2-9-24-40(33)55(39)46-30-15-31-47-48(46)38-22-7-14-29-45(38)58(47)51-53-49(56-41-25-10-3-18-34(41)35-19-4-11-26-42(35)56)52-50(54-51)57-43-27-12-5-20-36(43)37-21-6-13-28-44(37)57/h1-31H. The highest BCUT2D eigenvalue weighted by Crippen LogP contribution is 2.40. The Kier molecular flexibility index (Phi) is 6.32. The number of para-hydroxylation sites is 7. The van der Waals surface area contributed by atoms with Crippen molar-refractivity contribution in [3.63, 3.8) is 0 Å². The molecule has 7 heteroatoms. The van der Waals surface area contributed by atoms with Crippen LogP contribution in [0.1, 0.15) is 0 Å². The van der Waals surface area contributed by atoms with Gasteiger partial charge in [0, 0.05) is 43.1 Å². The summed E-state index contributed by atoms with van der Waals surface area (Å²) >= 11 is 0. The van der Waals surface area contributed by atoms with Crippen molar-refractivity contribution < 1.29 is 0 Å². The van der Waals surface area contributed by atoms with Crippen molar-refractivity contribution in [2.24, 2.45) is 0 Å². The van der Waals surface area contributed by atoms with Crippen LogP contribution in [0.4, 0.5) is 0 Å². The molecule has 0 bridgehead atoms. The first-order valence-corrected chi connectivity index (χ1v) is 19.6. The van der Waals surface area contributed by atoms with Crippen LogP contribution in [0.25, 0.3) is 111 Å². The van der Waals surface area contributed by atoms with Gasteiger partial charge in [-0.25, -0.2) is 0 Å². The van der Waals surface area contributed by atoms with Crippen LogP contribution in [-0.2, 0) is 0 Å². The van der Waals surface area contributed by atoms with Crippen LogP contribution in [0, 0.1) is 0 Å². The van der Waals surface area contributed by atoms with Gasteiger partial charge in [-0.3, -0.25) is 13.7 Å². The Bertz CT molecular complexity index is 3530. The Morgan fingerprint density at radius 2 is 0.483 bits per heavy atom. The number of rotatable bonds is 4. The molecule has 0 spiro atoms. The average Bonchev–Trinajstić information content (AvgIpc) is 4.01. The molecule has 270 valence electrons. The fraction of sp³-hybridized carbons (Fsp3) is 0. The molecule has 0 fully saturated rings. The lowest BCUT2D eigenvalue weighted by Gasteiger charge is -2.14. The van der Waals surface area contributed by atoms with E-state index in [4.69, 9.17) is 15.0 Å². The summed E-state index contributed by atoms with van der Waals surface area (Å²) in [5.74, 6) is 1.63. The quantitative estimate of drug-likeness (QED) is 0.180. The SMILES string of the molecule is c1ccc2c(c1)c1ccccc1n2-c1nc(-n2c3ccccc3c3ccccc32)nc(-n2c3ccccc3c3c(-n4c5ccccc5c5ccccc54)cccc32)n1. The zero-order valence-electron chi connectivity index (χ0n) is 31.0. The topological polar surface area (TPSA) is 58.4 Å². The maximum absolute atomic E-state index is 5.46. The molecule has 8 aromatic carbocycles. The van der Waals surface area contributed by atoms with Crippen molar-refractivity contribution >= 4 is 87.2 Å². The minimum Gasteiger partial charge on any atom is -0.309 e. The maximum atomic E-state index is 5.46. The predicted octanol–water partition coefficient (Wildman–Crippen LogP) is 12.3. The van der Waals surface area contributed by atoms with E-state index in [1.807, 2.05) is 0 Å². The van der Waals surface area contributed by atoms with E-state index in [1.54, 1.807) is 0 Å². The minimum atomic E-state index is 0.536. The third kappa shape index (κ3) is 4.19. The molecule has 0 aliphatic rings. The maximum Gasteiger partial charge on any atom is 0.241 e. The van der Waals surface area contributed by atoms with Crippen LogP contribution in [0.15, 0.2) is 188 Å². The monoisotopic (exact) mass is 741 g/mol. The van der Waals surface area contributed by atoms with Gasteiger partial charge in [-0.15, -0.1) is 0 Å². The molecule has 0 radical (unpaired) electrons. The van der Waals surface area contributed by atoms with Crippen molar-refractivity contribution in [2.45, 2.75) is 0 Å². The molecule has 0 aliphatic heterocycles. The number of nitrogens with zero attached hydrogens (tertiary/aromatic N) is 7. The Morgan fingerprint density at radius 3 is 0.845 bits per heavy atom. The molecule has 0 saturated carbocycles. The Morgan fingerprint density at radius 1 is 0.224 bits per heavy atom. The third-order valence-corrected chi connectivity index (χ3v) is 11.9. The molecule has 0 saturated heterocycles. The third-order valence-electron chi connectivity index (χ3n) is 11.9. The number of hydrogen-bond donors (Lipinski definition) is 0. The van der Waals surface area contributed by atoms with Gasteiger partial charge in [-0.05, 0) is 54.6 Å². The van der Waals surface area contributed by atoms with Crippen molar-refractivity contribution in [3.05, 3.63) is 188 Å². The lowest BCUT2D eigenvalue weighted by atomic mass is 10.1. The molecule has 13 rings (SSSR count). The molecule has 0 unspecified atom stereocenters. The van der Waals surface area contributed by atoms with E-state index in [9.17, 15) is 0 Å². The van der Waals surface area contributed by atoms with Crippen LogP contribution < -0.4 is 0 Å². The Labute approximate surface area is 330 Å².